The quantitative estimate of drug-likeness (QED) is 0.401. The zero-order valence-corrected chi connectivity index (χ0v) is 23.5. The molecule has 2 fully saturated rings. The standard InChI is InChI=1S/C30H34N8O3/c1-37-18-30(17-32,19-37)29(39)38-8-6-21(7-9-38)33-15-20(14-31)28-16-34-26-5-4-22(12-27(26)36-28)35-23-10-24(40-2)13-25(11-23)41-3/h4-5,10-16,21,35H,6-9,18-19,31H2,1-3H3/b20-14+,33-15?. The molecule has 2 aliphatic heterocycles. The summed E-state index contributed by atoms with van der Waals surface area (Å²) in [5, 5.41) is 13.0. The molecule has 3 N–H and O–H groups in total. The zero-order valence-electron chi connectivity index (χ0n) is 23.5. The fraction of sp³-hybridized carbons (Fsp3) is 0.367. The van der Waals surface area contributed by atoms with Crippen LogP contribution in [0.4, 0.5) is 11.4 Å². The lowest BCUT2D eigenvalue weighted by atomic mass is 9.80. The Kier molecular flexibility index (Phi) is 8.03. The second-order valence-corrected chi connectivity index (χ2v) is 10.5. The Hall–Kier alpha value is -4.69. The molecule has 1 amide bonds. The van der Waals surface area contributed by atoms with E-state index in [1.54, 1.807) is 26.6 Å². The molecule has 3 aromatic rings. The Morgan fingerprint density at radius 2 is 1.83 bits per heavy atom. The topological polar surface area (TPSA) is 142 Å². The molecule has 0 aliphatic carbocycles. The van der Waals surface area contributed by atoms with Gasteiger partial charge >= 0.3 is 0 Å². The molecule has 1 aromatic heterocycles. The van der Waals surface area contributed by atoms with Crippen LogP contribution in [0.15, 0.2) is 53.8 Å². The number of carbonyl (C=O) groups is 1. The molecule has 11 nitrogen and oxygen atoms in total. The lowest BCUT2D eigenvalue weighted by Gasteiger charge is -2.45. The molecule has 0 unspecified atom stereocenters. The minimum Gasteiger partial charge on any atom is -0.497 e. The number of rotatable bonds is 8. The van der Waals surface area contributed by atoms with Crippen molar-refractivity contribution in [3.8, 4) is 17.6 Å². The van der Waals surface area contributed by atoms with Crippen LogP contribution in [0.1, 0.15) is 18.5 Å². The average molecular weight is 555 g/mol. The smallest absolute Gasteiger partial charge is 0.245 e. The van der Waals surface area contributed by atoms with Gasteiger partial charge in [0.15, 0.2) is 5.41 Å². The molecule has 2 aliphatic rings. The fourth-order valence-corrected chi connectivity index (χ4v) is 5.30. The van der Waals surface area contributed by atoms with Gasteiger partial charge in [0, 0.05) is 73.7 Å². The molecule has 0 saturated carbocycles. The van der Waals surface area contributed by atoms with Crippen LogP contribution in [0.5, 0.6) is 11.5 Å². The third kappa shape index (κ3) is 5.93. The minimum absolute atomic E-state index is 0.0557. The lowest BCUT2D eigenvalue weighted by molar-refractivity contribution is -0.147. The number of allylic oxidation sites excluding steroid dienone is 1. The number of aliphatic imine (C=N–C) groups is 1. The van der Waals surface area contributed by atoms with E-state index in [9.17, 15) is 10.1 Å². The first kappa shape index (κ1) is 27.9. The first-order valence-electron chi connectivity index (χ1n) is 13.5. The van der Waals surface area contributed by atoms with Gasteiger partial charge in [-0.2, -0.15) is 5.26 Å². The number of likely N-dealkylation sites (tertiary alicyclic amines) is 2. The normalized spacial score (nSPS) is 17.7. The van der Waals surface area contributed by atoms with Crippen molar-refractivity contribution in [1.82, 2.24) is 19.8 Å². The number of nitriles is 1. The third-order valence-corrected chi connectivity index (χ3v) is 7.54. The van der Waals surface area contributed by atoms with Crippen LogP contribution >= 0.6 is 0 Å². The maximum absolute atomic E-state index is 13.0. The monoisotopic (exact) mass is 554 g/mol. The number of ether oxygens (including phenoxy) is 2. The van der Waals surface area contributed by atoms with Crippen molar-refractivity contribution in [2.24, 2.45) is 16.1 Å². The number of hydrogen-bond donors (Lipinski definition) is 2. The predicted molar refractivity (Wildman–Crippen MR) is 158 cm³/mol. The van der Waals surface area contributed by atoms with Crippen LogP contribution in [-0.2, 0) is 4.79 Å². The van der Waals surface area contributed by atoms with Crippen molar-refractivity contribution in [1.29, 1.82) is 5.26 Å². The molecule has 41 heavy (non-hydrogen) atoms. The van der Waals surface area contributed by atoms with Crippen LogP contribution in [0.25, 0.3) is 16.6 Å². The van der Waals surface area contributed by atoms with Crippen LogP contribution in [0, 0.1) is 16.7 Å². The highest BCUT2D eigenvalue weighted by Gasteiger charge is 2.50. The highest BCUT2D eigenvalue weighted by Crippen LogP contribution is 2.32. The van der Waals surface area contributed by atoms with E-state index >= 15 is 0 Å². The van der Waals surface area contributed by atoms with Crippen molar-refractivity contribution in [2.45, 2.75) is 18.9 Å². The van der Waals surface area contributed by atoms with E-state index in [1.165, 1.54) is 6.20 Å². The van der Waals surface area contributed by atoms with E-state index in [0.29, 0.717) is 54.5 Å². The number of fused-ring (bicyclic) bond motifs is 1. The van der Waals surface area contributed by atoms with Gasteiger partial charge in [-0.1, -0.05) is 0 Å². The van der Waals surface area contributed by atoms with Gasteiger partial charge in [0.1, 0.15) is 11.5 Å². The van der Waals surface area contributed by atoms with Gasteiger partial charge in [-0.3, -0.25) is 14.8 Å². The molecule has 5 rings (SSSR count). The number of nitrogens with zero attached hydrogens (tertiary/aromatic N) is 6. The summed E-state index contributed by atoms with van der Waals surface area (Å²) in [6, 6.07) is 13.6. The Labute approximate surface area is 239 Å². The number of aromatic nitrogens is 2. The summed E-state index contributed by atoms with van der Waals surface area (Å²) in [6.45, 7) is 2.15. The van der Waals surface area contributed by atoms with Crippen LogP contribution in [0.3, 0.4) is 0 Å². The molecule has 212 valence electrons. The largest absolute Gasteiger partial charge is 0.497 e. The first-order chi connectivity index (χ1) is 19.9. The fourth-order valence-electron chi connectivity index (χ4n) is 5.30. The summed E-state index contributed by atoms with van der Waals surface area (Å²) in [4.78, 5) is 30.9. The third-order valence-electron chi connectivity index (χ3n) is 7.54. The van der Waals surface area contributed by atoms with Gasteiger partial charge < -0.3 is 30.3 Å². The predicted octanol–water partition coefficient (Wildman–Crippen LogP) is 3.21. The number of anilines is 2. The van der Waals surface area contributed by atoms with Crippen molar-refractivity contribution in [3.63, 3.8) is 0 Å². The van der Waals surface area contributed by atoms with Gasteiger partial charge in [-0.05, 0) is 38.1 Å². The van der Waals surface area contributed by atoms with E-state index in [2.05, 4.69) is 16.4 Å². The molecule has 11 heteroatoms. The summed E-state index contributed by atoms with van der Waals surface area (Å²) in [6.07, 6.45) is 6.36. The molecule has 0 spiro atoms. The van der Waals surface area contributed by atoms with Crippen molar-refractivity contribution >= 4 is 40.1 Å². The molecular formula is C30H34N8O3. The zero-order chi connectivity index (χ0) is 29.0. The number of carbonyl (C=O) groups excluding carboxylic acids is 1. The number of amides is 1. The minimum atomic E-state index is -0.898. The van der Waals surface area contributed by atoms with Crippen molar-refractivity contribution in [2.75, 3.05) is 52.8 Å². The summed E-state index contributed by atoms with van der Waals surface area (Å²) in [5.74, 6) is 1.30. The van der Waals surface area contributed by atoms with Gasteiger partial charge in [-0.15, -0.1) is 0 Å². The number of nitrogens with two attached hydrogens (primary N) is 1. The number of methoxy groups -OCH3 is 2. The maximum atomic E-state index is 13.0. The van der Waals surface area contributed by atoms with E-state index in [-0.39, 0.29) is 11.9 Å². The molecule has 2 aromatic carbocycles. The number of piperidine rings is 1. The Balaban J connectivity index is 1.25. The Bertz CT molecular complexity index is 1510. The van der Waals surface area contributed by atoms with E-state index in [4.69, 9.17) is 25.2 Å². The van der Waals surface area contributed by atoms with Gasteiger partial charge in [0.2, 0.25) is 5.91 Å². The van der Waals surface area contributed by atoms with Gasteiger partial charge in [-0.25, -0.2) is 4.98 Å². The van der Waals surface area contributed by atoms with Crippen LogP contribution in [-0.4, -0.2) is 85.4 Å². The summed E-state index contributed by atoms with van der Waals surface area (Å²) in [7, 11) is 5.14. The van der Waals surface area contributed by atoms with Crippen molar-refractivity contribution in [3.05, 3.63) is 54.5 Å². The van der Waals surface area contributed by atoms with E-state index in [0.717, 1.165) is 29.7 Å². The molecular weight excluding hydrogens is 520 g/mol. The number of benzene rings is 2. The maximum Gasteiger partial charge on any atom is 0.245 e. The highest BCUT2D eigenvalue weighted by atomic mass is 16.5. The molecule has 0 bridgehead atoms. The Morgan fingerprint density at radius 1 is 1.12 bits per heavy atom. The second kappa shape index (κ2) is 11.8. The molecule has 3 heterocycles. The average Bonchev–Trinajstić information content (AvgIpc) is 2.99. The van der Waals surface area contributed by atoms with E-state index < -0.39 is 5.41 Å². The highest BCUT2D eigenvalue weighted by molar-refractivity contribution is 6.09. The molecule has 0 radical (unpaired) electrons. The second-order valence-electron chi connectivity index (χ2n) is 10.5. The SMILES string of the molecule is COc1cc(Nc2ccc3ncc(/C(C=NC4CCN(C(=O)C5(C#N)CN(C)C5)CC4)=C/N)nc3c2)cc(OC)c1. The van der Waals surface area contributed by atoms with Gasteiger partial charge in [0.05, 0.1) is 49.3 Å². The first-order valence-corrected chi connectivity index (χ1v) is 13.5. The summed E-state index contributed by atoms with van der Waals surface area (Å²) < 4.78 is 10.7. The molecule has 0 atom stereocenters. The summed E-state index contributed by atoms with van der Waals surface area (Å²) in [5.41, 5.74) is 9.44. The Morgan fingerprint density at radius 3 is 2.44 bits per heavy atom. The number of hydrogen-bond acceptors (Lipinski definition) is 10. The number of nitrogens with one attached hydrogen (secondary N) is 1. The van der Waals surface area contributed by atoms with Gasteiger partial charge in [0.25, 0.3) is 0 Å². The molecule has 2 saturated heterocycles. The van der Waals surface area contributed by atoms with Crippen molar-refractivity contribution < 1.29 is 14.3 Å². The summed E-state index contributed by atoms with van der Waals surface area (Å²) >= 11 is 0. The van der Waals surface area contributed by atoms with Crippen LogP contribution < -0.4 is 20.5 Å². The lowest BCUT2D eigenvalue weighted by Crippen LogP contribution is -2.62. The van der Waals surface area contributed by atoms with Crippen LogP contribution in [0.2, 0.25) is 0 Å². The van der Waals surface area contributed by atoms with E-state index in [1.807, 2.05) is 53.2 Å².